The molecule has 0 atom stereocenters. The summed E-state index contributed by atoms with van der Waals surface area (Å²) in [5, 5.41) is 2.89. The lowest BCUT2D eigenvalue weighted by Crippen LogP contribution is -2.07. The molecule has 1 aromatic heterocycles. The molecule has 0 bridgehead atoms. The van der Waals surface area contributed by atoms with Gasteiger partial charge >= 0.3 is 0 Å². The van der Waals surface area contributed by atoms with Gasteiger partial charge in [0.1, 0.15) is 6.26 Å². The predicted molar refractivity (Wildman–Crippen MR) is 116 cm³/mol. The minimum Gasteiger partial charge on any atom is -0.445 e. The standard InChI is InChI=1S/C25H20N2O2/c1-18-7-9-21(25-26-15-16-29-25)17-23(18)20-10-12-22(13-11-20)27-24(28)14-8-19-5-3-2-4-6-19/h2-17H,1H3,(H,27,28)/b14-8-. The van der Waals surface area contributed by atoms with Crippen molar-refractivity contribution in [2.45, 2.75) is 6.92 Å². The molecule has 4 heteroatoms. The molecule has 4 aromatic rings. The number of anilines is 1. The molecule has 3 aromatic carbocycles. The fourth-order valence-electron chi connectivity index (χ4n) is 3.09. The Balaban J connectivity index is 1.49. The number of rotatable bonds is 5. The Kier molecular flexibility index (Phi) is 5.34. The molecular formula is C25H20N2O2. The predicted octanol–water partition coefficient (Wildman–Crippen LogP) is 5.97. The van der Waals surface area contributed by atoms with E-state index >= 15 is 0 Å². The molecule has 0 fully saturated rings. The summed E-state index contributed by atoms with van der Waals surface area (Å²) in [4.78, 5) is 16.4. The monoisotopic (exact) mass is 380 g/mol. The number of carbonyl (C=O) groups excluding carboxylic acids is 1. The van der Waals surface area contributed by atoms with E-state index in [1.807, 2.05) is 60.7 Å². The van der Waals surface area contributed by atoms with Crippen LogP contribution in [0.3, 0.4) is 0 Å². The molecule has 0 aliphatic rings. The van der Waals surface area contributed by atoms with Gasteiger partial charge in [0.05, 0.1) is 6.20 Å². The van der Waals surface area contributed by atoms with Crippen molar-refractivity contribution in [3.63, 3.8) is 0 Å². The van der Waals surface area contributed by atoms with E-state index in [2.05, 4.69) is 29.4 Å². The van der Waals surface area contributed by atoms with Crippen molar-refractivity contribution in [2.24, 2.45) is 0 Å². The molecule has 0 aliphatic heterocycles. The fraction of sp³-hybridized carbons (Fsp3) is 0.0400. The Morgan fingerprint density at radius 2 is 1.72 bits per heavy atom. The van der Waals surface area contributed by atoms with Crippen molar-refractivity contribution in [3.8, 4) is 22.6 Å². The van der Waals surface area contributed by atoms with Crippen molar-refractivity contribution in [1.29, 1.82) is 0 Å². The normalized spacial score (nSPS) is 10.9. The zero-order valence-corrected chi connectivity index (χ0v) is 16.0. The Bertz CT molecular complexity index is 1130. The third-order valence-corrected chi connectivity index (χ3v) is 4.61. The number of nitrogens with zero attached hydrogens (tertiary/aromatic N) is 1. The Morgan fingerprint density at radius 3 is 2.45 bits per heavy atom. The number of oxazole rings is 1. The minimum atomic E-state index is -0.163. The van der Waals surface area contributed by atoms with Gasteiger partial charge in [0, 0.05) is 17.3 Å². The molecule has 0 unspecified atom stereocenters. The second-order valence-electron chi connectivity index (χ2n) is 6.68. The number of aromatic nitrogens is 1. The maximum Gasteiger partial charge on any atom is 0.248 e. The molecule has 0 radical (unpaired) electrons. The maximum absolute atomic E-state index is 12.2. The number of nitrogens with one attached hydrogen (secondary N) is 1. The van der Waals surface area contributed by atoms with Gasteiger partial charge in [-0.3, -0.25) is 4.79 Å². The summed E-state index contributed by atoms with van der Waals surface area (Å²) in [5.41, 5.74) is 5.98. The van der Waals surface area contributed by atoms with Gasteiger partial charge < -0.3 is 9.73 Å². The summed E-state index contributed by atoms with van der Waals surface area (Å²) >= 11 is 0. The number of amides is 1. The topological polar surface area (TPSA) is 55.1 Å². The van der Waals surface area contributed by atoms with Crippen molar-refractivity contribution < 1.29 is 9.21 Å². The highest BCUT2D eigenvalue weighted by atomic mass is 16.3. The Hall–Kier alpha value is -3.92. The van der Waals surface area contributed by atoms with Crippen LogP contribution in [0.2, 0.25) is 0 Å². The van der Waals surface area contributed by atoms with Crippen LogP contribution in [0.25, 0.3) is 28.7 Å². The Morgan fingerprint density at radius 1 is 0.966 bits per heavy atom. The zero-order valence-electron chi connectivity index (χ0n) is 16.0. The quantitative estimate of drug-likeness (QED) is 0.434. The zero-order chi connectivity index (χ0) is 20.1. The van der Waals surface area contributed by atoms with Gasteiger partial charge in [-0.15, -0.1) is 0 Å². The lowest BCUT2D eigenvalue weighted by atomic mass is 9.98. The Labute approximate surface area is 169 Å². The SMILES string of the molecule is Cc1ccc(-c2ncco2)cc1-c1ccc(NC(=O)/C=C\c2ccccc2)cc1. The van der Waals surface area contributed by atoms with Gasteiger partial charge in [-0.25, -0.2) is 4.98 Å². The van der Waals surface area contributed by atoms with Crippen LogP contribution in [0.4, 0.5) is 5.69 Å². The molecule has 1 heterocycles. The van der Waals surface area contributed by atoms with Crippen molar-refractivity contribution >= 4 is 17.7 Å². The molecule has 142 valence electrons. The van der Waals surface area contributed by atoms with Gasteiger partial charge in [-0.1, -0.05) is 48.5 Å². The molecule has 4 nitrogen and oxygen atoms in total. The summed E-state index contributed by atoms with van der Waals surface area (Å²) in [6.07, 6.45) is 6.53. The summed E-state index contributed by atoms with van der Waals surface area (Å²) in [6.45, 7) is 2.07. The van der Waals surface area contributed by atoms with E-state index in [9.17, 15) is 4.79 Å². The molecule has 4 rings (SSSR count). The average Bonchev–Trinajstić information content (AvgIpc) is 3.29. The third-order valence-electron chi connectivity index (χ3n) is 4.61. The fourth-order valence-corrected chi connectivity index (χ4v) is 3.09. The molecule has 1 N–H and O–H groups in total. The van der Waals surface area contributed by atoms with E-state index in [1.54, 1.807) is 18.5 Å². The van der Waals surface area contributed by atoms with Gasteiger partial charge in [0.2, 0.25) is 11.8 Å². The van der Waals surface area contributed by atoms with Gasteiger partial charge in [-0.2, -0.15) is 0 Å². The number of carbonyl (C=O) groups is 1. The first-order valence-electron chi connectivity index (χ1n) is 9.34. The first kappa shape index (κ1) is 18.4. The maximum atomic E-state index is 12.2. The molecule has 29 heavy (non-hydrogen) atoms. The van der Waals surface area contributed by atoms with E-state index < -0.39 is 0 Å². The molecular weight excluding hydrogens is 360 g/mol. The highest BCUT2D eigenvalue weighted by Gasteiger charge is 2.08. The van der Waals surface area contributed by atoms with Crippen molar-refractivity contribution in [2.75, 3.05) is 5.32 Å². The van der Waals surface area contributed by atoms with E-state index in [1.165, 1.54) is 6.08 Å². The molecule has 1 amide bonds. The lowest BCUT2D eigenvalue weighted by molar-refractivity contribution is -0.111. The highest BCUT2D eigenvalue weighted by molar-refractivity contribution is 6.02. The number of aryl methyl sites for hydroxylation is 1. The minimum absolute atomic E-state index is 0.163. The number of benzene rings is 3. The van der Waals surface area contributed by atoms with Crippen LogP contribution in [0.5, 0.6) is 0 Å². The van der Waals surface area contributed by atoms with Crippen LogP contribution >= 0.6 is 0 Å². The molecule has 0 aliphatic carbocycles. The summed E-state index contributed by atoms with van der Waals surface area (Å²) in [7, 11) is 0. The van der Waals surface area contributed by atoms with Gasteiger partial charge in [-0.05, 0) is 59.5 Å². The highest BCUT2D eigenvalue weighted by Crippen LogP contribution is 2.29. The summed E-state index contributed by atoms with van der Waals surface area (Å²) in [5.74, 6) is 0.434. The van der Waals surface area contributed by atoms with Crippen LogP contribution in [0.15, 0.2) is 95.7 Å². The average molecular weight is 380 g/mol. The smallest absolute Gasteiger partial charge is 0.248 e. The second-order valence-corrected chi connectivity index (χ2v) is 6.68. The van der Waals surface area contributed by atoms with E-state index in [0.717, 1.165) is 33.5 Å². The summed E-state index contributed by atoms with van der Waals surface area (Å²) < 4.78 is 5.40. The lowest BCUT2D eigenvalue weighted by Gasteiger charge is -2.09. The first-order valence-corrected chi connectivity index (χ1v) is 9.34. The van der Waals surface area contributed by atoms with Crippen molar-refractivity contribution in [1.82, 2.24) is 4.98 Å². The van der Waals surface area contributed by atoms with Crippen LogP contribution in [-0.2, 0) is 4.79 Å². The van der Waals surface area contributed by atoms with Crippen LogP contribution < -0.4 is 5.32 Å². The first-order chi connectivity index (χ1) is 14.2. The van der Waals surface area contributed by atoms with E-state index in [-0.39, 0.29) is 5.91 Å². The number of hydrogen-bond donors (Lipinski definition) is 1. The second kappa shape index (κ2) is 8.40. The van der Waals surface area contributed by atoms with E-state index in [4.69, 9.17) is 4.42 Å². The molecule has 0 spiro atoms. The molecule has 0 saturated carbocycles. The van der Waals surface area contributed by atoms with E-state index in [0.29, 0.717) is 5.89 Å². The van der Waals surface area contributed by atoms with Crippen LogP contribution in [-0.4, -0.2) is 10.9 Å². The third kappa shape index (κ3) is 4.50. The number of hydrogen-bond acceptors (Lipinski definition) is 3. The summed E-state index contributed by atoms with van der Waals surface area (Å²) in [6, 6.07) is 23.7. The van der Waals surface area contributed by atoms with Gasteiger partial charge in [0.15, 0.2) is 0 Å². The largest absolute Gasteiger partial charge is 0.445 e. The van der Waals surface area contributed by atoms with Crippen LogP contribution in [0, 0.1) is 6.92 Å². The van der Waals surface area contributed by atoms with Crippen molar-refractivity contribution in [3.05, 3.63) is 102 Å². The van der Waals surface area contributed by atoms with Gasteiger partial charge in [0.25, 0.3) is 0 Å². The van der Waals surface area contributed by atoms with Crippen LogP contribution in [0.1, 0.15) is 11.1 Å². The molecule has 0 saturated heterocycles.